The van der Waals surface area contributed by atoms with Crippen molar-refractivity contribution in [3.63, 3.8) is 0 Å². The third-order valence-electron chi connectivity index (χ3n) is 5.47. The number of carbonyl (C=O) groups is 2. The molecule has 0 saturated carbocycles. The molecule has 0 aliphatic carbocycles. The third kappa shape index (κ3) is 4.61. The Balaban J connectivity index is 1.93. The molecule has 1 aromatic rings. The summed E-state index contributed by atoms with van der Waals surface area (Å²) in [7, 11) is 3.13. The van der Waals surface area contributed by atoms with Crippen molar-refractivity contribution in [2.24, 2.45) is 0 Å². The van der Waals surface area contributed by atoms with Gasteiger partial charge in [-0.2, -0.15) is 0 Å². The van der Waals surface area contributed by atoms with Gasteiger partial charge in [-0.1, -0.05) is 6.07 Å². The molecule has 3 rings (SSSR count). The number of benzene rings is 1. The summed E-state index contributed by atoms with van der Waals surface area (Å²) in [6.45, 7) is 6.37. The van der Waals surface area contributed by atoms with Gasteiger partial charge in [-0.3, -0.25) is 14.5 Å². The van der Waals surface area contributed by atoms with Crippen LogP contribution in [0.25, 0.3) is 5.57 Å². The van der Waals surface area contributed by atoms with Crippen LogP contribution in [0.3, 0.4) is 0 Å². The summed E-state index contributed by atoms with van der Waals surface area (Å²) in [5.41, 5.74) is 1.64. The normalized spacial score (nSPS) is 17.4. The molecule has 164 valence electrons. The lowest BCUT2D eigenvalue weighted by Gasteiger charge is -2.29. The summed E-state index contributed by atoms with van der Waals surface area (Å²) >= 11 is 0. The van der Waals surface area contributed by atoms with Crippen molar-refractivity contribution in [3.8, 4) is 11.5 Å². The van der Waals surface area contributed by atoms with Gasteiger partial charge in [-0.05, 0) is 57.2 Å². The average molecular weight is 417 g/mol. The molecule has 1 fully saturated rings. The number of methoxy groups -OCH3 is 2. The lowest BCUT2D eigenvalue weighted by atomic mass is 10.0. The topological polar surface area (TPSA) is 68.3 Å². The summed E-state index contributed by atoms with van der Waals surface area (Å²) in [4.78, 5) is 30.1. The minimum atomic E-state index is -0.252. The van der Waals surface area contributed by atoms with E-state index in [1.54, 1.807) is 26.4 Å². The third-order valence-corrected chi connectivity index (χ3v) is 5.47. The fourth-order valence-corrected chi connectivity index (χ4v) is 3.97. The molecule has 0 spiro atoms. The second-order valence-electron chi connectivity index (χ2n) is 7.88. The van der Waals surface area contributed by atoms with Crippen LogP contribution in [0.4, 0.5) is 0 Å². The maximum atomic E-state index is 13.4. The maximum Gasteiger partial charge on any atom is 0.277 e. The van der Waals surface area contributed by atoms with Crippen molar-refractivity contribution in [1.82, 2.24) is 9.80 Å². The van der Waals surface area contributed by atoms with Crippen LogP contribution < -0.4 is 9.47 Å². The van der Waals surface area contributed by atoms with Gasteiger partial charge in [-0.25, -0.2) is 0 Å². The molecule has 0 N–H and O–H groups in total. The molecule has 30 heavy (non-hydrogen) atoms. The molecule has 7 heteroatoms. The maximum absolute atomic E-state index is 13.4. The number of imide groups is 1. The molecule has 0 radical (unpaired) electrons. The molecule has 0 bridgehead atoms. The molecular weight excluding hydrogens is 384 g/mol. The van der Waals surface area contributed by atoms with Crippen molar-refractivity contribution in [1.29, 1.82) is 0 Å². The van der Waals surface area contributed by atoms with Crippen LogP contribution in [0.5, 0.6) is 11.5 Å². The van der Waals surface area contributed by atoms with Gasteiger partial charge in [0.05, 0.1) is 25.9 Å². The Hall–Kier alpha value is -2.54. The number of ether oxygens (including phenoxy) is 3. The van der Waals surface area contributed by atoms with Crippen molar-refractivity contribution in [3.05, 3.63) is 29.5 Å². The van der Waals surface area contributed by atoms with E-state index < -0.39 is 0 Å². The molecule has 2 aliphatic rings. The van der Waals surface area contributed by atoms with Crippen LogP contribution in [0.2, 0.25) is 0 Å². The highest BCUT2D eigenvalue weighted by atomic mass is 16.5. The van der Waals surface area contributed by atoms with Crippen LogP contribution in [0.15, 0.2) is 23.9 Å². The minimum Gasteiger partial charge on any atom is -0.493 e. The number of amides is 2. The second kappa shape index (κ2) is 9.98. The first-order valence-electron chi connectivity index (χ1n) is 10.7. The molecule has 2 amide bonds. The van der Waals surface area contributed by atoms with E-state index in [-0.39, 0.29) is 17.9 Å². The Bertz CT molecular complexity index is 812. The van der Waals surface area contributed by atoms with E-state index in [9.17, 15) is 9.59 Å². The first-order valence-corrected chi connectivity index (χ1v) is 10.7. The Morgan fingerprint density at radius 1 is 0.967 bits per heavy atom. The van der Waals surface area contributed by atoms with Crippen LogP contribution in [-0.4, -0.2) is 68.2 Å². The van der Waals surface area contributed by atoms with E-state index in [0.717, 1.165) is 32.4 Å². The van der Waals surface area contributed by atoms with Gasteiger partial charge in [0.15, 0.2) is 11.5 Å². The average Bonchev–Trinajstić information content (AvgIpc) is 3.01. The fourth-order valence-electron chi connectivity index (χ4n) is 3.97. The second-order valence-corrected chi connectivity index (χ2v) is 7.88. The molecule has 0 atom stereocenters. The van der Waals surface area contributed by atoms with E-state index in [2.05, 4.69) is 4.90 Å². The van der Waals surface area contributed by atoms with E-state index >= 15 is 0 Å². The van der Waals surface area contributed by atoms with E-state index in [4.69, 9.17) is 14.2 Å². The highest BCUT2D eigenvalue weighted by molar-refractivity contribution is 6.35. The monoisotopic (exact) mass is 416 g/mol. The first-order chi connectivity index (χ1) is 14.5. The standard InChI is InChI=1S/C23H32N2O5/c1-16(2)30-14-8-13-25-22(26)20(17-9-10-18(28-3)19(15-17)29-4)21(23(25)27)24-11-6-5-7-12-24/h9-10,15-16H,5-8,11-14H2,1-4H3. The summed E-state index contributed by atoms with van der Waals surface area (Å²) in [5.74, 6) is 0.652. The molecule has 0 aromatic heterocycles. The Labute approximate surface area is 178 Å². The predicted octanol–water partition coefficient (Wildman–Crippen LogP) is 3.08. The van der Waals surface area contributed by atoms with Gasteiger partial charge < -0.3 is 19.1 Å². The van der Waals surface area contributed by atoms with Gasteiger partial charge in [0.25, 0.3) is 11.8 Å². The Morgan fingerprint density at radius 3 is 2.30 bits per heavy atom. The smallest absolute Gasteiger partial charge is 0.277 e. The SMILES string of the molecule is COc1ccc(C2=C(N3CCCCC3)C(=O)N(CCCOC(C)C)C2=O)cc1OC. The predicted molar refractivity (Wildman–Crippen MR) is 114 cm³/mol. The number of nitrogens with zero attached hydrogens (tertiary/aromatic N) is 2. The molecule has 0 unspecified atom stereocenters. The minimum absolute atomic E-state index is 0.124. The number of hydrogen-bond donors (Lipinski definition) is 0. The lowest BCUT2D eigenvalue weighted by molar-refractivity contribution is -0.137. The highest BCUT2D eigenvalue weighted by Crippen LogP contribution is 2.37. The Morgan fingerprint density at radius 2 is 1.67 bits per heavy atom. The van der Waals surface area contributed by atoms with Crippen molar-refractivity contribution in [2.45, 2.75) is 45.6 Å². The summed E-state index contributed by atoms with van der Waals surface area (Å²) in [6, 6.07) is 5.36. The molecule has 1 saturated heterocycles. The van der Waals surface area contributed by atoms with Crippen molar-refractivity contribution >= 4 is 17.4 Å². The highest BCUT2D eigenvalue weighted by Gasteiger charge is 2.41. The van der Waals surface area contributed by atoms with E-state index in [0.29, 0.717) is 47.9 Å². The van der Waals surface area contributed by atoms with E-state index in [1.165, 1.54) is 4.90 Å². The van der Waals surface area contributed by atoms with E-state index in [1.807, 2.05) is 19.9 Å². The summed E-state index contributed by atoms with van der Waals surface area (Å²) in [6.07, 6.45) is 3.92. The van der Waals surface area contributed by atoms with Crippen molar-refractivity contribution < 1.29 is 23.8 Å². The molecule has 7 nitrogen and oxygen atoms in total. The van der Waals surface area contributed by atoms with Gasteiger partial charge in [-0.15, -0.1) is 0 Å². The number of likely N-dealkylation sites (tertiary alicyclic amines) is 1. The molecular formula is C23H32N2O5. The van der Waals surface area contributed by atoms with Crippen LogP contribution in [0, 0.1) is 0 Å². The zero-order chi connectivity index (χ0) is 21.7. The quantitative estimate of drug-likeness (QED) is 0.455. The largest absolute Gasteiger partial charge is 0.493 e. The number of hydrogen-bond acceptors (Lipinski definition) is 6. The van der Waals surface area contributed by atoms with Gasteiger partial charge in [0, 0.05) is 26.2 Å². The summed E-state index contributed by atoms with van der Waals surface area (Å²) < 4.78 is 16.3. The molecule has 2 heterocycles. The Kier molecular flexibility index (Phi) is 7.37. The summed E-state index contributed by atoms with van der Waals surface area (Å²) in [5, 5.41) is 0. The number of rotatable bonds is 9. The number of carbonyl (C=O) groups excluding carboxylic acids is 2. The fraction of sp³-hybridized carbons (Fsp3) is 0.565. The van der Waals surface area contributed by atoms with Crippen LogP contribution >= 0.6 is 0 Å². The van der Waals surface area contributed by atoms with Crippen LogP contribution in [-0.2, 0) is 14.3 Å². The lowest BCUT2D eigenvalue weighted by Crippen LogP contribution is -2.38. The van der Waals surface area contributed by atoms with Crippen LogP contribution in [0.1, 0.15) is 45.1 Å². The zero-order valence-electron chi connectivity index (χ0n) is 18.4. The van der Waals surface area contributed by atoms with Crippen molar-refractivity contribution in [2.75, 3.05) is 40.5 Å². The van der Waals surface area contributed by atoms with Gasteiger partial charge >= 0.3 is 0 Å². The van der Waals surface area contributed by atoms with Gasteiger partial charge in [0.1, 0.15) is 5.70 Å². The molecule has 1 aromatic carbocycles. The first kappa shape index (κ1) is 22.2. The zero-order valence-corrected chi connectivity index (χ0v) is 18.4. The van der Waals surface area contributed by atoms with Gasteiger partial charge in [0.2, 0.25) is 0 Å². The number of piperidine rings is 1. The molecule has 2 aliphatic heterocycles.